The molecule has 0 aliphatic rings. The first-order chi connectivity index (χ1) is 10.8. The minimum Gasteiger partial charge on any atom is -0.361 e. The predicted molar refractivity (Wildman–Crippen MR) is 89.9 cm³/mol. The van der Waals surface area contributed by atoms with Crippen LogP contribution in [-0.2, 0) is 0 Å². The molecule has 0 radical (unpaired) electrons. The largest absolute Gasteiger partial charge is 0.361 e. The number of hydrogen-bond acceptors (Lipinski definition) is 1. The van der Waals surface area contributed by atoms with Crippen LogP contribution in [0.3, 0.4) is 0 Å². The molecule has 2 amide bonds. The van der Waals surface area contributed by atoms with Crippen LogP contribution in [0.15, 0.2) is 60.8 Å². The first kappa shape index (κ1) is 14.2. The Kier molecular flexibility index (Phi) is 4.10. The van der Waals surface area contributed by atoms with Crippen molar-refractivity contribution in [1.82, 2.24) is 10.3 Å². The van der Waals surface area contributed by atoms with E-state index in [1.165, 1.54) is 0 Å². The highest BCUT2D eigenvalue weighted by atomic mass is 16.2. The van der Waals surface area contributed by atoms with E-state index in [9.17, 15) is 4.79 Å². The summed E-state index contributed by atoms with van der Waals surface area (Å²) in [6.07, 6.45) is 2.73. The van der Waals surface area contributed by atoms with E-state index in [0.29, 0.717) is 0 Å². The number of carbonyl (C=O) groups excluding carboxylic acids is 1. The zero-order valence-corrected chi connectivity index (χ0v) is 12.5. The van der Waals surface area contributed by atoms with Gasteiger partial charge in [0.15, 0.2) is 0 Å². The summed E-state index contributed by atoms with van der Waals surface area (Å²) >= 11 is 0. The third-order valence-corrected chi connectivity index (χ3v) is 3.73. The number of carbonyl (C=O) groups is 1. The molecule has 0 spiro atoms. The molecule has 1 heterocycles. The molecule has 3 aromatic rings. The Hall–Kier alpha value is -2.75. The van der Waals surface area contributed by atoms with Gasteiger partial charge in [-0.3, -0.25) is 0 Å². The van der Waals surface area contributed by atoms with E-state index in [2.05, 4.69) is 22.5 Å². The molecule has 2 aromatic carbocycles. The number of anilines is 1. The Morgan fingerprint density at radius 2 is 1.95 bits per heavy atom. The summed E-state index contributed by atoms with van der Waals surface area (Å²) < 4.78 is 0. The number of nitrogens with one attached hydrogen (secondary N) is 3. The number of amides is 2. The van der Waals surface area contributed by atoms with Gasteiger partial charge in [0.05, 0.1) is 6.04 Å². The minimum absolute atomic E-state index is 0.0113. The van der Waals surface area contributed by atoms with Gasteiger partial charge in [-0.25, -0.2) is 4.79 Å². The molecule has 0 saturated carbocycles. The molecule has 0 aliphatic heterocycles. The molecule has 0 aliphatic carbocycles. The number of fused-ring (bicyclic) bond motifs is 1. The third kappa shape index (κ3) is 3.11. The summed E-state index contributed by atoms with van der Waals surface area (Å²) in [6.45, 7) is 2.06. The highest BCUT2D eigenvalue weighted by molar-refractivity contribution is 5.92. The third-order valence-electron chi connectivity index (χ3n) is 3.73. The van der Waals surface area contributed by atoms with Crippen LogP contribution < -0.4 is 10.6 Å². The van der Waals surface area contributed by atoms with Crippen LogP contribution in [0.2, 0.25) is 0 Å². The highest BCUT2D eigenvalue weighted by Gasteiger charge is 2.12. The number of rotatable bonds is 4. The molecule has 4 heteroatoms. The van der Waals surface area contributed by atoms with E-state index in [0.717, 1.165) is 28.6 Å². The van der Waals surface area contributed by atoms with Crippen LogP contribution in [-0.4, -0.2) is 11.0 Å². The van der Waals surface area contributed by atoms with E-state index >= 15 is 0 Å². The number of H-pyrrole nitrogens is 1. The summed E-state index contributed by atoms with van der Waals surface area (Å²) in [5, 5.41) is 6.99. The van der Waals surface area contributed by atoms with Crippen LogP contribution in [0, 0.1) is 0 Å². The smallest absolute Gasteiger partial charge is 0.319 e. The quantitative estimate of drug-likeness (QED) is 0.654. The maximum Gasteiger partial charge on any atom is 0.319 e. The lowest BCUT2D eigenvalue weighted by Crippen LogP contribution is -2.32. The molecule has 1 aromatic heterocycles. The summed E-state index contributed by atoms with van der Waals surface area (Å²) in [4.78, 5) is 15.3. The number of urea groups is 1. The van der Waals surface area contributed by atoms with Gasteiger partial charge in [0, 0.05) is 22.8 Å². The molecule has 4 nitrogen and oxygen atoms in total. The molecule has 1 unspecified atom stereocenters. The van der Waals surface area contributed by atoms with Crippen molar-refractivity contribution in [1.29, 1.82) is 0 Å². The van der Waals surface area contributed by atoms with Gasteiger partial charge in [-0.1, -0.05) is 37.3 Å². The van der Waals surface area contributed by atoms with Gasteiger partial charge in [-0.05, 0) is 36.2 Å². The Morgan fingerprint density at radius 1 is 1.14 bits per heavy atom. The normalized spacial score (nSPS) is 12.0. The van der Waals surface area contributed by atoms with Gasteiger partial charge in [0.1, 0.15) is 0 Å². The Bertz CT molecular complexity index is 764. The molecule has 112 valence electrons. The number of hydrogen-bond donors (Lipinski definition) is 3. The molecule has 1 atom stereocenters. The zero-order valence-electron chi connectivity index (χ0n) is 12.5. The standard InChI is InChI=1S/C18H19N3O/c1-2-16(13-6-4-3-5-7-13)21-18(22)20-15-8-9-17-14(12-15)10-11-19-17/h3-12,16,19H,2H2,1H3,(H2,20,21,22). The van der Waals surface area contributed by atoms with Crippen molar-refractivity contribution in [2.24, 2.45) is 0 Å². The Balaban J connectivity index is 1.68. The number of benzene rings is 2. The lowest BCUT2D eigenvalue weighted by atomic mass is 10.1. The second kappa shape index (κ2) is 6.35. The predicted octanol–water partition coefficient (Wildman–Crippen LogP) is 4.44. The van der Waals surface area contributed by atoms with Crippen LogP contribution in [0.1, 0.15) is 24.9 Å². The zero-order chi connectivity index (χ0) is 15.4. The average molecular weight is 293 g/mol. The molecule has 22 heavy (non-hydrogen) atoms. The summed E-state index contributed by atoms with van der Waals surface area (Å²) in [7, 11) is 0. The van der Waals surface area contributed by atoms with Gasteiger partial charge in [-0.2, -0.15) is 0 Å². The maximum atomic E-state index is 12.2. The van der Waals surface area contributed by atoms with Crippen molar-refractivity contribution >= 4 is 22.6 Å². The molecule has 0 fully saturated rings. The first-order valence-electron chi connectivity index (χ1n) is 7.46. The molecular weight excluding hydrogens is 274 g/mol. The van der Waals surface area contributed by atoms with Gasteiger partial charge in [-0.15, -0.1) is 0 Å². The van der Waals surface area contributed by atoms with Gasteiger partial charge in [0.2, 0.25) is 0 Å². The first-order valence-corrected chi connectivity index (χ1v) is 7.46. The van der Waals surface area contributed by atoms with E-state index in [-0.39, 0.29) is 12.1 Å². The monoisotopic (exact) mass is 293 g/mol. The van der Waals surface area contributed by atoms with Crippen molar-refractivity contribution in [2.75, 3.05) is 5.32 Å². The molecule has 3 N–H and O–H groups in total. The van der Waals surface area contributed by atoms with Crippen LogP contribution in [0.5, 0.6) is 0 Å². The SMILES string of the molecule is CCC(NC(=O)Nc1ccc2[nH]ccc2c1)c1ccccc1. The van der Waals surface area contributed by atoms with Gasteiger partial charge >= 0.3 is 6.03 Å². The van der Waals surface area contributed by atoms with Crippen molar-refractivity contribution in [3.05, 3.63) is 66.4 Å². The summed E-state index contributed by atoms with van der Waals surface area (Å²) in [6, 6.07) is 17.6. The Morgan fingerprint density at radius 3 is 2.73 bits per heavy atom. The molecule has 0 bridgehead atoms. The van der Waals surface area contributed by atoms with Crippen LogP contribution in [0.4, 0.5) is 10.5 Å². The fourth-order valence-corrected chi connectivity index (χ4v) is 2.56. The highest BCUT2D eigenvalue weighted by Crippen LogP contribution is 2.19. The van der Waals surface area contributed by atoms with Crippen molar-refractivity contribution in [3.8, 4) is 0 Å². The molecule has 0 saturated heterocycles. The lowest BCUT2D eigenvalue weighted by Gasteiger charge is -2.18. The van der Waals surface area contributed by atoms with E-state index in [4.69, 9.17) is 0 Å². The lowest BCUT2D eigenvalue weighted by molar-refractivity contribution is 0.248. The number of aromatic nitrogens is 1. The average Bonchev–Trinajstić information content (AvgIpc) is 3.01. The van der Waals surface area contributed by atoms with E-state index in [1.807, 2.05) is 60.8 Å². The minimum atomic E-state index is -0.189. The summed E-state index contributed by atoms with van der Waals surface area (Å²) in [5.41, 5.74) is 2.95. The topological polar surface area (TPSA) is 56.9 Å². The second-order valence-corrected chi connectivity index (χ2v) is 5.25. The molecule has 3 rings (SSSR count). The fourth-order valence-electron chi connectivity index (χ4n) is 2.56. The van der Waals surface area contributed by atoms with Crippen LogP contribution >= 0.6 is 0 Å². The van der Waals surface area contributed by atoms with Crippen molar-refractivity contribution in [3.63, 3.8) is 0 Å². The number of aromatic amines is 1. The van der Waals surface area contributed by atoms with Crippen molar-refractivity contribution < 1.29 is 4.79 Å². The Labute approximate surface area is 129 Å². The van der Waals surface area contributed by atoms with E-state index in [1.54, 1.807) is 0 Å². The molecular formula is C18H19N3O. The maximum absolute atomic E-state index is 12.2. The fraction of sp³-hybridized carbons (Fsp3) is 0.167. The van der Waals surface area contributed by atoms with Crippen molar-refractivity contribution in [2.45, 2.75) is 19.4 Å². The summed E-state index contributed by atoms with van der Waals surface area (Å²) in [5.74, 6) is 0. The second-order valence-electron chi connectivity index (χ2n) is 5.25. The van der Waals surface area contributed by atoms with E-state index < -0.39 is 0 Å². The van der Waals surface area contributed by atoms with Gasteiger partial charge < -0.3 is 15.6 Å². The van der Waals surface area contributed by atoms with Gasteiger partial charge in [0.25, 0.3) is 0 Å². The van der Waals surface area contributed by atoms with Crippen LogP contribution in [0.25, 0.3) is 10.9 Å².